The van der Waals surface area contributed by atoms with Crippen LogP contribution in [-0.4, -0.2) is 65.4 Å². The molecule has 4 rings (SSSR count). The van der Waals surface area contributed by atoms with Crippen molar-refractivity contribution in [3.8, 4) is 11.4 Å². The van der Waals surface area contributed by atoms with Crippen LogP contribution in [0.2, 0.25) is 5.02 Å². The van der Waals surface area contributed by atoms with Crippen molar-refractivity contribution in [2.75, 3.05) is 33.4 Å². The minimum atomic E-state index is -0.335. The van der Waals surface area contributed by atoms with Crippen molar-refractivity contribution in [1.82, 2.24) is 20.0 Å². The molecule has 1 atom stereocenters. The predicted octanol–water partition coefficient (Wildman–Crippen LogP) is 1.84. The summed E-state index contributed by atoms with van der Waals surface area (Å²) in [4.78, 5) is 22.9. The summed E-state index contributed by atoms with van der Waals surface area (Å²) in [6, 6.07) is 0. The van der Waals surface area contributed by atoms with Gasteiger partial charge in [0.05, 0.1) is 35.6 Å². The zero-order chi connectivity index (χ0) is 18.1. The molecule has 9 heteroatoms. The molecule has 136 valence electrons. The number of hydrogen-bond acceptors (Lipinski definition) is 7. The van der Waals surface area contributed by atoms with Gasteiger partial charge in [0.15, 0.2) is 0 Å². The topological polar surface area (TPSA) is 90.6 Å². The maximum Gasteiger partial charge on any atom is 0.316 e. The van der Waals surface area contributed by atoms with Crippen LogP contribution >= 0.6 is 11.6 Å². The van der Waals surface area contributed by atoms with Gasteiger partial charge in [0.25, 0.3) is 0 Å². The van der Waals surface area contributed by atoms with Gasteiger partial charge in [-0.3, -0.25) is 9.78 Å². The van der Waals surface area contributed by atoms with E-state index < -0.39 is 0 Å². The summed E-state index contributed by atoms with van der Waals surface area (Å²) < 4.78 is 15.8. The number of allylic oxidation sites excluding steroid dienone is 1. The maximum absolute atomic E-state index is 12.6. The molecule has 2 aliphatic rings. The minimum absolute atomic E-state index is 0.0785. The number of halogens is 1. The molecule has 0 N–H and O–H groups in total. The highest BCUT2D eigenvalue weighted by Gasteiger charge is 2.29. The van der Waals surface area contributed by atoms with E-state index in [9.17, 15) is 4.79 Å². The molecule has 8 nitrogen and oxygen atoms in total. The molecular formula is C17H17ClN4O4. The molecule has 0 saturated carbocycles. The van der Waals surface area contributed by atoms with Crippen molar-refractivity contribution < 1.29 is 18.8 Å². The molecule has 2 aromatic rings. The first kappa shape index (κ1) is 17.1. The Kier molecular flexibility index (Phi) is 4.71. The Morgan fingerprint density at radius 3 is 3.23 bits per heavy atom. The van der Waals surface area contributed by atoms with Crippen LogP contribution in [0.1, 0.15) is 21.9 Å². The van der Waals surface area contributed by atoms with Gasteiger partial charge in [0.1, 0.15) is 0 Å². The fraction of sp³-hybridized carbons (Fsp3) is 0.412. The van der Waals surface area contributed by atoms with E-state index in [0.29, 0.717) is 36.9 Å². The summed E-state index contributed by atoms with van der Waals surface area (Å²) in [6.45, 7) is 1.73. The number of pyridine rings is 1. The van der Waals surface area contributed by atoms with Crippen LogP contribution in [0.15, 0.2) is 16.8 Å². The van der Waals surface area contributed by atoms with E-state index >= 15 is 0 Å². The second-order valence-electron chi connectivity index (χ2n) is 6.08. The van der Waals surface area contributed by atoms with E-state index in [0.717, 1.165) is 17.7 Å². The molecule has 26 heavy (non-hydrogen) atoms. The summed E-state index contributed by atoms with van der Waals surface area (Å²) in [7, 11) is 1.60. The largest absolute Gasteiger partial charge is 0.382 e. The number of nitrogens with zero attached hydrogens (tertiary/aromatic N) is 4. The van der Waals surface area contributed by atoms with Gasteiger partial charge in [-0.15, -0.1) is 0 Å². The van der Waals surface area contributed by atoms with Crippen molar-refractivity contribution in [1.29, 1.82) is 0 Å². The van der Waals surface area contributed by atoms with Crippen LogP contribution < -0.4 is 0 Å². The van der Waals surface area contributed by atoms with Crippen molar-refractivity contribution in [2.45, 2.75) is 12.5 Å². The van der Waals surface area contributed by atoms with E-state index in [2.05, 4.69) is 15.1 Å². The summed E-state index contributed by atoms with van der Waals surface area (Å²) in [6.07, 6.45) is 6.11. The Bertz CT molecular complexity index is 864. The normalized spacial score (nSPS) is 19.0. The molecule has 2 aromatic heterocycles. The molecule has 1 saturated heterocycles. The van der Waals surface area contributed by atoms with Gasteiger partial charge < -0.3 is 18.9 Å². The highest BCUT2D eigenvalue weighted by Crippen LogP contribution is 2.33. The van der Waals surface area contributed by atoms with Gasteiger partial charge >= 0.3 is 11.8 Å². The van der Waals surface area contributed by atoms with Crippen LogP contribution in [0.25, 0.3) is 17.5 Å². The predicted molar refractivity (Wildman–Crippen MR) is 92.8 cm³/mol. The SMILES string of the molecule is COC[C@H]1CN(C(=O)c2nc(-c3cnc4c(c3Cl)C=CC4)no2)CCO1. The zero-order valence-electron chi connectivity index (χ0n) is 14.1. The average molecular weight is 377 g/mol. The van der Waals surface area contributed by atoms with Gasteiger partial charge in [-0.1, -0.05) is 28.9 Å². The van der Waals surface area contributed by atoms with E-state index in [4.69, 9.17) is 25.6 Å². The van der Waals surface area contributed by atoms with Crippen molar-refractivity contribution in [3.05, 3.63) is 34.4 Å². The zero-order valence-corrected chi connectivity index (χ0v) is 14.9. The Labute approximate surface area is 154 Å². The average Bonchev–Trinajstić information content (AvgIpc) is 3.32. The number of ether oxygens (including phenoxy) is 2. The van der Waals surface area contributed by atoms with Crippen LogP contribution in [0.3, 0.4) is 0 Å². The minimum Gasteiger partial charge on any atom is -0.382 e. The van der Waals surface area contributed by atoms with E-state index in [1.54, 1.807) is 18.2 Å². The number of fused-ring (bicyclic) bond motifs is 1. The highest BCUT2D eigenvalue weighted by molar-refractivity contribution is 6.34. The molecule has 0 radical (unpaired) electrons. The van der Waals surface area contributed by atoms with Crippen LogP contribution in [0, 0.1) is 0 Å². The van der Waals surface area contributed by atoms with Gasteiger partial charge in [0, 0.05) is 38.4 Å². The number of hydrogen-bond donors (Lipinski definition) is 0. The first-order valence-corrected chi connectivity index (χ1v) is 8.63. The molecule has 0 bridgehead atoms. The Hall–Kier alpha value is -2.29. The third-order valence-electron chi connectivity index (χ3n) is 4.36. The lowest BCUT2D eigenvalue weighted by molar-refractivity contribution is -0.0539. The van der Waals surface area contributed by atoms with E-state index in [1.165, 1.54) is 0 Å². The number of amides is 1. The molecule has 1 aliphatic carbocycles. The number of morpholine rings is 1. The number of aromatic nitrogens is 3. The third-order valence-corrected chi connectivity index (χ3v) is 4.76. The Morgan fingerprint density at radius 1 is 1.50 bits per heavy atom. The van der Waals surface area contributed by atoms with Gasteiger partial charge in [-0.25, -0.2) is 0 Å². The molecule has 1 fully saturated rings. The summed E-state index contributed by atoms with van der Waals surface area (Å²) in [5.41, 5.74) is 2.31. The smallest absolute Gasteiger partial charge is 0.316 e. The lowest BCUT2D eigenvalue weighted by Gasteiger charge is -2.31. The van der Waals surface area contributed by atoms with E-state index in [1.807, 2.05) is 12.2 Å². The first-order valence-electron chi connectivity index (χ1n) is 8.25. The molecule has 3 heterocycles. The Balaban J connectivity index is 1.55. The van der Waals surface area contributed by atoms with Gasteiger partial charge in [-0.05, 0) is 0 Å². The third kappa shape index (κ3) is 3.11. The number of rotatable bonds is 4. The standard InChI is InChI=1S/C17H17ClN4O4/c1-24-9-10-8-22(5-6-25-10)17(23)16-20-15(21-26-16)12-7-19-13-4-2-3-11(13)14(12)18/h2-3,7,10H,4-6,8-9H2,1H3/t10-/m1/s1. The fourth-order valence-electron chi connectivity index (χ4n) is 3.06. The lowest BCUT2D eigenvalue weighted by atomic mass is 10.1. The van der Waals surface area contributed by atoms with Gasteiger partial charge in [0.2, 0.25) is 5.82 Å². The highest BCUT2D eigenvalue weighted by atomic mass is 35.5. The second-order valence-corrected chi connectivity index (χ2v) is 6.45. The molecule has 0 unspecified atom stereocenters. The number of carbonyl (C=O) groups excluding carboxylic acids is 1. The van der Waals surface area contributed by atoms with Crippen LogP contribution in [0.5, 0.6) is 0 Å². The number of methoxy groups -OCH3 is 1. The van der Waals surface area contributed by atoms with Crippen LogP contribution in [-0.2, 0) is 15.9 Å². The fourth-order valence-corrected chi connectivity index (χ4v) is 3.37. The summed E-state index contributed by atoms with van der Waals surface area (Å²) in [5.74, 6) is -0.167. The van der Waals surface area contributed by atoms with Crippen molar-refractivity contribution in [2.24, 2.45) is 0 Å². The van der Waals surface area contributed by atoms with Crippen molar-refractivity contribution >= 4 is 23.6 Å². The molecule has 0 spiro atoms. The first-order chi connectivity index (χ1) is 12.7. The van der Waals surface area contributed by atoms with Crippen LogP contribution in [0.4, 0.5) is 0 Å². The van der Waals surface area contributed by atoms with Gasteiger partial charge in [-0.2, -0.15) is 4.98 Å². The summed E-state index contributed by atoms with van der Waals surface area (Å²) in [5, 5.41) is 4.42. The Morgan fingerprint density at radius 2 is 2.38 bits per heavy atom. The molecular weight excluding hydrogens is 360 g/mol. The maximum atomic E-state index is 12.6. The second kappa shape index (κ2) is 7.14. The summed E-state index contributed by atoms with van der Waals surface area (Å²) >= 11 is 6.44. The monoisotopic (exact) mass is 376 g/mol. The van der Waals surface area contributed by atoms with E-state index in [-0.39, 0.29) is 23.7 Å². The molecule has 1 amide bonds. The molecule has 0 aromatic carbocycles. The number of carbonyl (C=O) groups is 1. The quantitative estimate of drug-likeness (QED) is 0.804. The van der Waals surface area contributed by atoms with Crippen molar-refractivity contribution in [3.63, 3.8) is 0 Å². The lowest BCUT2D eigenvalue weighted by Crippen LogP contribution is -2.47. The molecule has 1 aliphatic heterocycles.